The minimum absolute atomic E-state index is 0.0154. The summed E-state index contributed by atoms with van der Waals surface area (Å²) in [5, 5.41) is 3.72. The van der Waals surface area contributed by atoms with E-state index >= 15 is 0 Å². The molecule has 0 saturated heterocycles. The van der Waals surface area contributed by atoms with Crippen LogP contribution < -0.4 is 11.1 Å². The number of aromatic nitrogens is 1. The van der Waals surface area contributed by atoms with Crippen LogP contribution in [0.1, 0.15) is 28.6 Å². The molecule has 1 heterocycles. The summed E-state index contributed by atoms with van der Waals surface area (Å²) in [5.74, 6) is -1.35. The fourth-order valence-electron chi connectivity index (χ4n) is 2.81. The van der Waals surface area contributed by atoms with Crippen LogP contribution in [0.15, 0.2) is 47.4 Å². The van der Waals surface area contributed by atoms with E-state index in [0.29, 0.717) is 10.8 Å². The van der Waals surface area contributed by atoms with Gasteiger partial charge in [-0.3, -0.25) is 9.59 Å². The molecule has 0 aliphatic carbocycles. The first-order valence-corrected chi connectivity index (χ1v) is 12.9. The lowest BCUT2D eigenvalue weighted by molar-refractivity contribution is -0.142. The first kappa shape index (κ1) is 25.0. The highest BCUT2D eigenvalue weighted by Crippen LogP contribution is 2.34. The SMILES string of the molecule is CCOC(=O)CCS(=O)(=O)c1ccc(Nc2nc(N)c(C(=O)c3c(Cl)cccc3Cl)s2)cc1. The van der Waals surface area contributed by atoms with Crippen LogP contribution in [0.3, 0.4) is 0 Å². The van der Waals surface area contributed by atoms with Gasteiger partial charge in [-0.1, -0.05) is 40.6 Å². The standard InChI is InChI=1S/C21H19Cl2N3O5S2/c1-2-31-16(27)10-11-33(29,30)13-8-6-12(7-9-13)25-21-26-20(24)19(32-21)18(28)17-14(22)4-3-5-15(17)23/h3-9H,2,10-11,24H2,1H3,(H,25,26). The zero-order valence-corrected chi connectivity index (χ0v) is 20.4. The zero-order valence-electron chi connectivity index (χ0n) is 17.3. The fraction of sp³-hybridized carbons (Fsp3) is 0.190. The van der Waals surface area contributed by atoms with Crippen molar-refractivity contribution in [1.82, 2.24) is 4.98 Å². The number of nitrogens with one attached hydrogen (secondary N) is 1. The normalized spacial score (nSPS) is 11.2. The summed E-state index contributed by atoms with van der Waals surface area (Å²) in [6.07, 6.45) is -0.221. The van der Waals surface area contributed by atoms with E-state index in [-0.39, 0.29) is 50.0 Å². The van der Waals surface area contributed by atoms with E-state index in [2.05, 4.69) is 10.3 Å². The Hall–Kier alpha value is -2.66. The Labute approximate surface area is 204 Å². The maximum Gasteiger partial charge on any atom is 0.306 e. The van der Waals surface area contributed by atoms with Gasteiger partial charge in [-0.25, -0.2) is 13.4 Å². The lowest BCUT2D eigenvalue weighted by atomic mass is 10.1. The molecule has 3 aromatic rings. The van der Waals surface area contributed by atoms with Gasteiger partial charge in [-0.15, -0.1) is 0 Å². The second-order valence-electron chi connectivity index (χ2n) is 6.68. The maximum atomic E-state index is 12.9. The Morgan fingerprint density at radius 3 is 2.36 bits per heavy atom. The van der Waals surface area contributed by atoms with Crippen LogP contribution in [0.25, 0.3) is 0 Å². The summed E-state index contributed by atoms with van der Waals surface area (Å²) in [4.78, 5) is 28.7. The summed E-state index contributed by atoms with van der Waals surface area (Å²) >= 11 is 13.3. The van der Waals surface area contributed by atoms with Crippen LogP contribution in [-0.4, -0.2) is 37.5 Å². The number of nitrogens with two attached hydrogens (primary N) is 1. The third-order valence-electron chi connectivity index (χ3n) is 4.39. The van der Waals surface area contributed by atoms with Crippen molar-refractivity contribution >= 4 is 72.8 Å². The predicted molar refractivity (Wildman–Crippen MR) is 129 cm³/mol. The van der Waals surface area contributed by atoms with Gasteiger partial charge in [0.05, 0.1) is 39.3 Å². The summed E-state index contributed by atoms with van der Waals surface area (Å²) in [7, 11) is -3.65. The predicted octanol–water partition coefficient (Wildman–Crippen LogP) is 4.73. The fourth-order valence-corrected chi connectivity index (χ4v) is 5.46. The Morgan fingerprint density at radius 2 is 1.76 bits per heavy atom. The average Bonchev–Trinajstić information content (AvgIpc) is 3.12. The van der Waals surface area contributed by atoms with Gasteiger partial charge >= 0.3 is 5.97 Å². The third kappa shape index (κ3) is 6.02. The highest BCUT2D eigenvalue weighted by molar-refractivity contribution is 7.91. The number of carbonyl (C=O) groups is 2. The van der Waals surface area contributed by atoms with Gasteiger partial charge in [0, 0.05) is 5.69 Å². The highest BCUT2D eigenvalue weighted by atomic mass is 35.5. The summed E-state index contributed by atoms with van der Waals surface area (Å²) in [6.45, 7) is 1.85. The number of carbonyl (C=O) groups excluding carboxylic acids is 2. The van der Waals surface area contributed by atoms with Gasteiger partial charge in [0.15, 0.2) is 15.0 Å². The smallest absolute Gasteiger partial charge is 0.306 e. The molecule has 0 aliphatic rings. The number of hydrogen-bond acceptors (Lipinski definition) is 9. The molecule has 174 valence electrons. The number of hydrogen-bond donors (Lipinski definition) is 2. The number of ketones is 1. The highest BCUT2D eigenvalue weighted by Gasteiger charge is 2.23. The number of esters is 1. The summed E-state index contributed by atoms with van der Waals surface area (Å²) in [5.41, 5.74) is 6.60. The number of anilines is 3. The molecule has 0 atom stereocenters. The molecular weight excluding hydrogens is 509 g/mol. The molecule has 8 nitrogen and oxygen atoms in total. The molecule has 33 heavy (non-hydrogen) atoms. The van der Waals surface area contributed by atoms with Crippen molar-refractivity contribution in [3.05, 3.63) is 63.0 Å². The molecule has 0 saturated carbocycles. The van der Waals surface area contributed by atoms with Crippen LogP contribution >= 0.6 is 34.5 Å². The van der Waals surface area contributed by atoms with Gasteiger partial charge in [0.2, 0.25) is 5.78 Å². The van der Waals surface area contributed by atoms with Crippen LogP contribution in [0.5, 0.6) is 0 Å². The minimum atomic E-state index is -3.65. The number of sulfone groups is 1. The van der Waals surface area contributed by atoms with Crippen molar-refractivity contribution in [2.24, 2.45) is 0 Å². The van der Waals surface area contributed by atoms with Gasteiger partial charge in [0.1, 0.15) is 10.7 Å². The quantitative estimate of drug-likeness (QED) is 0.301. The number of nitrogen functional groups attached to an aromatic ring is 1. The first-order chi connectivity index (χ1) is 15.6. The van der Waals surface area contributed by atoms with Crippen molar-refractivity contribution in [2.75, 3.05) is 23.4 Å². The van der Waals surface area contributed by atoms with Gasteiger partial charge in [0.25, 0.3) is 0 Å². The second kappa shape index (κ2) is 10.5. The molecule has 3 N–H and O–H groups in total. The van der Waals surface area contributed by atoms with Crippen molar-refractivity contribution in [3.8, 4) is 0 Å². The van der Waals surface area contributed by atoms with Gasteiger partial charge in [-0.2, -0.15) is 0 Å². The van der Waals surface area contributed by atoms with E-state index in [1.165, 1.54) is 12.1 Å². The zero-order chi connectivity index (χ0) is 24.2. The number of thiazole rings is 1. The van der Waals surface area contributed by atoms with Gasteiger partial charge < -0.3 is 15.8 Å². The molecule has 0 aliphatic heterocycles. The van der Waals surface area contributed by atoms with E-state index in [1.807, 2.05) is 0 Å². The van der Waals surface area contributed by atoms with Crippen molar-refractivity contribution in [2.45, 2.75) is 18.2 Å². The maximum absolute atomic E-state index is 12.9. The van der Waals surface area contributed by atoms with Crippen LogP contribution in [0.4, 0.5) is 16.6 Å². The molecule has 1 aromatic heterocycles. The monoisotopic (exact) mass is 527 g/mol. The molecule has 0 unspecified atom stereocenters. The first-order valence-electron chi connectivity index (χ1n) is 9.63. The molecule has 0 fully saturated rings. The van der Waals surface area contributed by atoms with E-state index in [1.54, 1.807) is 37.3 Å². The average molecular weight is 528 g/mol. The number of halogens is 2. The molecule has 12 heteroatoms. The van der Waals surface area contributed by atoms with E-state index in [4.69, 9.17) is 33.7 Å². The Balaban J connectivity index is 1.73. The molecule has 0 radical (unpaired) electrons. The lowest BCUT2D eigenvalue weighted by Crippen LogP contribution is -2.13. The molecule has 0 spiro atoms. The van der Waals surface area contributed by atoms with E-state index in [0.717, 1.165) is 11.3 Å². The lowest BCUT2D eigenvalue weighted by Gasteiger charge is -2.07. The van der Waals surface area contributed by atoms with Crippen molar-refractivity contribution in [1.29, 1.82) is 0 Å². The number of benzene rings is 2. The van der Waals surface area contributed by atoms with Crippen molar-refractivity contribution < 1.29 is 22.7 Å². The largest absolute Gasteiger partial charge is 0.466 e. The Morgan fingerprint density at radius 1 is 1.12 bits per heavy atom. The van der Waals surface area contributed by atoms with E-state index < -0.39 is 21.6 Å². The third-order valence-corrected chi connectivity index (χ3v) is 7.74. The number of ether oxygens (including phenoxy) is 1. The molecule has 2 aromatic carbocycles. The molecular formula is C21H19Cl2N3O5S2. The van der Waals surface area contributed by atoms with Crippen LogP contribution in [0, 0.1) is 0 Å². The molecule has 0 amide bonds. The second-order valence-corrected chi connectivity index (χ2v) is 10.6. The Bertz CT molecular complexity index is 1270. The number of rotatable bonds is 9. The molecule has 0 bridgehead atoms. The van der Waals surface area contributed by atoms with Crippen molar-refractivity contribution in [3.63, 3.8) is 0 Å². The topological polar surface area (TPSA) is 128 Å². The van der Waals surface area contributed by atoms with Gasteiger partial charge in [-0.05, 0) is 43.3 Å². The van der Waals surface area contributed by atoms with Crippen LogP contribution in [-0.2, 0) is 19.4 Å². The summed E-state index contributed by atoms with van der Waals surface area (Å²) < 4.78 is 29.6. The number of nitrogens with zero attached hydrogens (tertiary/aromatic N) is 1. The molecule has 3 rings (SSSR count). The minimum Gasteiger partial charge on any atom is -0.466 e. The Kier molecular flexibility index (Phi) is 7.96. The summed E-state index contributed by atoms with van der Waals surface area (Å²) in [6, 6.07) is 10.7. The van der Waals surface area contributed by atoms with Crippen LogP contribution in [0.2, 0.25) is 10.0 Å². The van der Waals surface area contributed by atoms with E-state index in [9.17, 15) is 18.0 Å².